The van der Waals surface area contributed by atoms with E-state index in [0.717, 1.165) is 5.75 Å². The van der Waals surface area contributed by atoms with Gasteiger partial charge in [0, 0.05) is 18.7 Å². The van der Waals surface area contributed by atoms with Gasteiger partial charge in [0.1, 0.15) is 11.6 Å². The first-order valence-electron chi connectivity index (χ1n) is 7.20. The number of nitrogens with one attached hydrogen (secondary N) is 2. The molecule has 2 aromatic rings. The molecule has 0 spiro atoms. The predicted octanol–water partition coefficient (Wildman–Crippen LogP) is 3.67. The Morgan fingerprint density at radius 2 is 1.86 bits per heavy atom. The largest absolute Gasteiger partial charge is 0.494 e. The summed E-state index contributed by atoms with van der Waals surface area (Å²) in [6, 6.07) is 13.6. The van der Waals surface area contributed by atoms with Gasteiger partial charge in [-0.2, -0.15) is 0 Å². The molecular weight excluding hydrogens is 283 g/mol. The molecule has 0 aliphatic rings. The van der Waals surface area contributed by atoms with Gasteiger partial charge in [0.25, 0.3) is 0 Å². The minimum atomic E-state index is -0.325. The van der Waals surface area contributed by atoms with Crippen molar-refractivity contribution >= 4 is 17.3 Å². The summed E-state index contributed by atoms with van der Waals surface area (Å²) in [4.78, 5) is 11.8. The van der Waals surface area contributed by atoms with Gasteiger partial charge in [-0.15, -0.1) is 0 Å². The SMILES string of the molecule is CCOc1ccc(NC(=O)CCNc2ccccc2F)cc1. The van der Waals surface area contributed by atoms with Crippen molar-refractivity contribution < 1.29 is 13.9 Å². The summed E-state index contributed by atoms with van der Waals surface area (Å²) in [5, 5.41) is 5.68. The number of hydrogen-bond acceptors (Lipinski definition) is 3. The Hall–Kier alpha value is -2.56. The summed E-state index contributed by atoms with van der Waals surface area (Å²) in [6.45, 7) is 2.88. The van der Waals surface area contributed by atoms with E-state index >= 15 is 0 Å². The third-order valence-corrected chi connectivity index (χ3v) is 2.99. The summed E-state index contributed by atoms with van der Waals surface area (Å²) in [7, 11) is 0. The van der Waals surface area contributed by atoms with Crippen LogP contribution in [0.3, 0.4) is 0 Å². The number of halogens is 1. The van der Waals surface area contributed by atoms with Crippen LogP contribution in [0.4, 0.5) is 15.8 Å². The molecule has 0 bridgehead atoms. The van der Waals surface area contributed by atoms with Gasteiger partial charge in [0.2, 0.25) is 5.91 Å². The Kier molecular flexibility index (Phi) is 5.77. The molecule has 2 aromatic carbocycles. The minimum absolute atomic E-state index is 0.131. The first kappa shape index (κ1) is 15.8. The van der Waals surface area contributed by atoms with Crippen molar-refractivity contribution in [1.82, 2.24) is 0 Å². The molecule has 0 aliphatic carbocycles. The molecule has 0 saturated carbocycles. The van der Waals surface area contributed by atoms with Crippen LogP contribution in [-0.4, -0.2) is 19.1 Å². The fraction of sp³-hybridized carbons (Fsp3) is 0.235. The minimum Gasteiger partial charge on any atom is -0.494 e. The van der Waals surface area contributed by atoms with E-state index < -0.39 is 0 Å². The summed E-state index contributed by atoms with van der Waals surface area (Å²) in [5.74, 6) is 0.309. The fourth-order valence-corrected chi connectivity index (χ4v) is 1.94. The average Bonchev–Trinajstić information content (AvgIpc) is 2.51. The van der Waals surface area contributed by atoms with E-state index in [1.165, 1.54) is 6.07 Å². The zero-order chi connectivity index (χ0) is 15.8. The standard InChI is InChI=1S/C17H19FN2O2/c1-2-22-14-9-7-13(8-10-14)20-17(21)11-12-19-16-6-4-3-5-15(16)18/h3-10,19H,2,11-12H2,1H3,(H,20,21). The summed E-state index contributed by atoms with van der Waals surface area (Å²) in [6.07, 6.45) is 0.252. The van der Waals surface area contributed by atoms with Crippen LogP contribution in [0.5, 0.6) is 5.75 Å². The number of carbonyl (C=O) groups excluding carboxylic acids is 1. The second-order valence-corrected chi connectivity index (χ2v) is 4.66. The lowest BCUT2D eigenvalue weighted by atomic mass is 10.2. The number of anilines is 2. The Bertz CT molecular complexity index is 614. The molecule has 0 saturated heterocycles. The summed E-state index contributed by atoms with van der Waals surface area (Å²) < 4.78 is 18.7. The van der Waals surface area contributed by atoms with Crippen LogP contribution in [0.2, 0.25) is 0 Å². The Morgan fingerprint density at radius 1 is 1.14 bits per heavy atom. The monoisotopic (exact) mass is 302 g/mol. The van der Waals surface area contributed by atoms with E-state index in [-0.39, 0.29) is 18.1 Å². The maximum atomic E-state index is 13.4. The van der Waals surface area contributed by atoms with Crippen molar-refractivity contribution in [3.8, 4) is 5.75 Å². The van der Waals surface area contributed by atoms with Crippen molar-refractivity contribution in [3.63, 3.8) is 0 Å². The van der Waals surface area contributed by atoms with Gasteiger partial charge in [-0.25, -0.2) is 4.39 Å². The highest BCUT2D eigenvalue weighted by molar-refractivity contribution is 5.91. The molecule has 0 aliphatic heterocycles. The molecule has 0 unspecified atom stereocenters. The lowest BCUT2D eigenvalue weighted by molar-refractivity contribution is -0.115. The molecule has 1 amide bonds. The number of ether oxygens (including phenoxy) is 1. The molecule has 2 rings (SSSR count). The predicted molar refractivity (Wildman–Crippen MR) is 85.7 cm³/mol. The molecule has 0 aromatic heterocycles. The summed E-state index contributed by atoms with van der Waals surface area (Å²) in [5.41, 5.74) is 1.11. The maximum absolute atomic E-state index is 13.4. The molecule has 0 atom stereocenters. The molecule has 0 radical (unpaired) electrons. The zero-order valence-electron chi connectivity index (χ0n) is 12.4. The number of benzene rings is 2. The van der Waals surface area contributed by atoms with Gasteiger partial charge < -0.3 is 15.4 Å². The molecule has 0 fully saturated rings. The molecule has 4 nitrogen and oxygen atoms in total. The van der Waals surface area contributed by atoms with Gasteiger partial charge in [0.05, 0.1) is 12.3 Å². The van der Waals surface area contributed by atoms with Crippen LogP contribution in [-0.2, 0) is 4.79 Å². The van der Waals surface area contributed by atoms with Crippen molar-refractivity contribution in [2.24, 2.45) is 0 Å². The lowest BCUT2D eigenvalue weighted by Gasteiger charge is -2.09. The number of carbonyl (C=O) groups is 1. The highest BCUT2D eigenvalue weighted by atomic mass is 19.1. The van der Waals surface area contributed by atoms with E-state index in [1.807, 2.05) is 6.92 Å². The molecular formula is C17H19FN2O2. The van der Waals surface area contributed by atoms with E-state index in [1.54, 1.807) is 42.5 Å². The Morgan fingerprint density at radius 3 is 2.55 bits per heavy atom. The third-order valence-electron chi connectivity index (χ3n) is 2.99. The summed E-state index contributed by atoms with van der Waals surface area (Å²) >= 11 is 0. The van der Waals surface area contributed by atoms with Crippen LogP contribution in [0.15, 0.2) is 48.5 Å². The van der Waals surface area contributed by atoms with Gasteiger partial charge in [-0.3, -0.25) is 4.79 Å². The van der Waals surface area contributed by atoms with Crippen LogP contribution in [0, 0.1) is 5.82 Å². The van der Waals surface area contributed by atoms with Crippen molar-refractivity contribution in [2.75, 3.05) is 23.8 Å². The van der Waals surface area contributed by atoms with E-state index in [9.17, 15) is 9.18 Å². The van der Waals surface area contributed by atoms with Crippen LogP contribution in [0.1, 0.15) is 13.3 Å². The van der Waals surface area contributed by atoms with Crippen LogP contribution in [0.25, 0.3) is 0 Å². The van der Waals surface area contributed by atoms with Crippen molar-refractivity contribution in [2.45, 2.75) is 13.3 Å². The molecule has 5 heteroatoms. The fourth-order valence-electron chi connectivity index (χ4n) is 1.94. The second-order valence-electron chi connectivity index (χ2n) is 4.66. The molecule has 2 N–H and O–H groups in total. The third kappa shape index (κ3) is 4.77. The average molecular weight is 302 g/mol. The normalized spacial score (nSPS) is 10.1. The van der Waals surface area contributed by atoms with Gasteiger partial charge in [-0.05, 0) is 43.3 Å². The maximum Gasteiger partial charge on any atom is 0.226 e. The zero-order valence-corrected chi connectivity index (χ0v) is 12.4. The quantitative estimate of drug-likeness (QED) is 0.820. The van der Waals surface area contributed by atoms with Crippen LogP contribution < -0.4 is 15.4 Å². The van der Waals surface area contributed by atoms with E-state index in [4.69, 9.17) is 4.74 Å². The highest BCUT2D eigenvalue weighted by Crippen LogP contribution is 2.16. The van der Waals surface area contributed by atoms with Crippen LogP contribution >= 0.6 is 0 Å². The first-order chi connectivity index (χ1) is 10.7. The second kappa shape index (κ2) is 8.02. The Labute approximate surface area is 129 Å². The number of amides is 1. The number of para-hydroxylation sites is 1. The number of rotatable bonds is 7. The lowest BCUT2D eigenvalue weighted by Crippen LogP contribution is -2.16. The van der Waals surface area contributed by atoms with E-state index in [2.05, 4.69) is 10.6 Å². The Balaban J connectivity index is 1.77. The first-order valence-corrected chi connectivity index (χ1v) is 7.20. The molecule has 116 valence electrons. The smallest absolute Gasteiger partial charge is 0.226 e. The highest BCUT2D eigenvalue weighted by Gasteiger charge is 2.04. The molecule has 22 heavy (non-hydrogen) atoms. The molecule has 0 heterocycles. The number of hydrogen-bond donors (Lipinski definition) is 2. The van der Waals surface area contributed by atoms with Gasteiger partial charge in [-0.1, -0.05) is 12.1 Å². The van der Waals surface area contributed by atoms with Crippen molar-refractivity contribution in [1.29, 1.82) is 0 Å². The van der Waals surface area contributed by atoms with E-state index in [0.29, 0.717) is 24.5 Å². The topological polar surface area (TPSA) is 50.4 Å². The van der Waals surface area contributed by atoms with Gasteiger partial charge in [0.15, 0.2) is 0 Å². The van der Waals surface area contributed by atoms with Crippen molar-refractivity contribution in [3.05, 3.63) is 54.3 Å². The van der Waals surface area contributed by atoms with Gasteiger partial charge >= 0.3 is 0 Å².